The van der Waals surface area contributed by atoms with Gasteiger partial charge in [0.25, 0.3) is 0 Å². The van der Waals surface area contributed by atoms with Crippen LogP contribution in [0.2, 0.25) is 0 Å². The molecule has 68 valence electrons. The molecule has 13 heavy (non-hydrogen) atoms. The molecule has 1 aliphatic heterocycles. The van der Waals surface area contributed by atoms with E-state index in [1.807, 2.05) is 24.3 Å². The topological polar surface area (TPSA) is 64.4 Å². The van der Waals surface area contributed by atoms with Crippen LogP contribution in [0.3, 0.4) is 0 Å². The summed E-state index contributed by atoms with van der Waals surface area (Å²) >= 11 is 0. The van der Waals surface area contributed by atoms with Crippen LogP contribution in [0.15, 0.2) is 24.3 Å². The van der Waals surface area contributed by atoms with Gasteiger partial charge in [-0.2, -0.15) is 0 Å². The number of nitrogens with two attached hydrogens (primary N) is 1. The van der Waals surface area contributed by atoms with Crippen LogP contribution in [0.1, 0.15) is 17.4 Å². The molecule has 1 aromatic rings. The summed E-state index contributed by atoms with van der Waals surface area (Å²) in [6.07, 6.45) is -1.14. The highest BCUT2D eigenvalue weighted by atomic mass is 16.6. The Hall–Kier alpha value is -1.55. The highest BCUT2D eigenvalue weighted by Gasteiger charge is 2.23. The molecular weight excluding hydrogens is 168 g/mol. The van der Waals surface area contributed by atoms with Gasteiger partial charge in [0.2, 0.25) is 0 Å². The summed E-state index contributed by atoms with van der Waals surface area (Å²) in [6, 6.07) is 7.77. The summed E-state index contributed by atoms with van der Waals surface area (Å²) in [4.78, 5) is 10.5. The van der Waals surface area contributed by atoms with Crippen LogP contribution in [0.5, 0.6) is 0 Å². The van der Waals surface area contributed by atoms with Crippen molar-refractivity contribution in [1.82, 2.24) is 5.32 Å². The molecule has 1 aliphatic rings. The van der Waals surface area contributed by atoms with Gasteiger partial charge in [0, 0.05) is 12.1 Å². The van der Waals surface area contributed by atoms with Crippen LogP contribution in [0, 0.1) is 0 Å². The van der Waals surface area contributed by atoms with E-state index in [1.54, 1.807) is 0 Å². The van der Waals surface area contributed by atoms with E-state index in [0.29, 0.717) is 6.54 Å². The molecule has 0 saturated carbocycles. The van der Waals surface area contributed by atoms with Gasteiger partial charge in [0.05, 0.1) is 0 Å². The fraction of sp³-hybridized carbons (Fsp3) is 0.222. The Morgan fingerprint density at radius 2 is 2.31 bits per heavy atom. The molecular formula is C9H10N2O2. The second-order valence-electron chi connectivity index (χ2n) is 2.90. The van der Waals surface area contributed by atoms with Crippen LogP contribution in [-0.4, -0.2) is 6.09 Å². The van der Waals surface area contributed by atoms with Crippen molar-refractivity contribution in [2.75, 3.05) is 0 Å². The molecule has 0 fully saturated rings. The van der Waals surface area contributed by atoms with Gasteiger partial charge in [-0.25, -0.2) is 4.79 Å². The predicted octanol–water partition coefficient (Wildman–Crippen LogP) is 0.884. The van der Waals surface area contributed by atoms with Crippen LogP contribution >= 0.6 is 0 Å². The maximum absolute atomic E-state index is 10.5. The van der Waals surface area contributed by atoms with Crippen molar-refractivity contribution in [3.8, 4) is 0 Å². The number of benzene rings is 1. The van der Waals surface area contributed by atoms with Crippen molar-refractivity contribution >= 4 is 6.09 Å². The van der Waals surface area contributed by atoms with Crippen LogP contribution in [0.25, 0.3) is 0 Å². The molecule has 0 spiro atoms. The minimum absolute atomic E-state index is 0.381. The molecule has 1 amide bonds. The summed E-state index contributed by atoms with van der Waals surface area (Å²) in [5.74, 6) is 0. The van der Waals surface area contributed by atoms with Gasteiger partial charge in [0.15, 0.2) is 6.23 Å². The summed E-state index contributed by atoms with van der Waals surface area (Å²) in [5, 5.41) is 3.03. The largest absolute Gasteiger partial charge is 0.426 e. The average molecular weight is 178 g/mol. The Morgan fingerprint density at radius 1 is 1.54 bits per heavy atom. The van der Waals surface area contributed by atoms with E-state index in [0.717, 1.165) is 11.1 Å². The van der Waals surface area contributed by atoms with Gasteiger partial charge in [0.1, 0.15) is 0 Å². The lowest BCUT2D eigenvalue weighted by molar-refractivity contribution is 0.0923. The van der Waals surface area contributed by atoms with E-state index in [1.165, 1.54) is 0 Å². The number of hydrogen-bond acceptors (Lipinski definition) is 3. The molecule has 1 unspecified atom stereocenters. The normalized spacial score (nSPS) is 19.5. The van der Waals surface area contributed by atoms with E-state index in [4.69, 9.17) is 10.5 Å². The Bertz CT molecular complexity index is 338. The number of nitrogens with one attached hydrogen (secondary N) is 1. The standard InChI is InChI=1S/C9H10N2O2/c10-9(12)13-8-7-4-2-1-3-6(7)5-11-8/h1-4,8,11H,5H2,(H2,10,12). The first-order valence-corrected chi connectivity index (χ1v) is 4.04. The van der Waals surface area contributed by atoms with Gasteiger partial charge < -0.3 is 10.5 Å². The first-order chi connectivity index (χ1) is 6.27. The third-order valence-electron chi connectivity index (χ3n) is 2.05. The third-order valence-corrected chi connectivity index (χ3v) is 2.05. The first-order valence-electron chi connectivity index (χ1n) is 4.04. The third kappa shape index (κ3) is 1.48. The summed E-state index contributed by atoms with van der Waals surface area (Å²) in [5.41, 5.74) is 7.06. The number of amides is 1. The van der Waals surface area contributed by atoms with E-state index < -0.39 is 6.09 Å². The second kappa shape index (κ2) is 3.06. The molecule has 1 atom stereocenters. The molecule has 0 bridgehead atoms. The van der Waals surface area contributed by atoms with Gasteiger partial charge in [-0.3, -0.25) is 5.32 Å². The predicted molar refractivity (Wildman–Crippen MR) is 46.7 cm³/mol. The molecule has 1 heterocycles. The van der Waals surface area contributed by atoms with E-state index >= 15 is 0 Å². The molecule has 0 aromatic heterocycles. The maximum atomic E-state index is 10.5. The molecule has 2 rings (SSSR count). The number of ether oxygens (including phenoxy) is 1. The zero-order valence-corrected chi connectivity index (χ0v) is 6.99. The van der Waals surface area contributed by atoms with Gasteiger partial charge in [-0.1, -0.05) is 24.3 Å². The van der Waals surface area contributed by atoms with Crippen LogP contribution < -0.4 is 11.1 Å². The van der Waals surface area contributed by atoms with Crippen LogP contribution in [-0.2, 0) is 11.3 Å². The highest BCUT2D eigenvalue weighted by molar-refractivity contribution is 5.65. The summed E-state index contributed by atoms with van der Waals surface area (Å²) < 4.78 is 4.87. The van der Waals surface area contributed by atoms with Gasteiger partial charge >= 0.3 is 6.09 Å². The number of rotatable bonds is 1. The number of hydrogen-bond donors (Lipinski definition) is 2. The first kappa shape index (κ1) is 8.07. The van der Waals surface area contributed by atoms with E-state index in [-0.39, 0.29) is 6.23 Å². The van der Waals surface area contributed by atoms with Crippen LogP contribution in [0.4, 0.5) is 4.79 Å². The average Bonchev–Trinajstić information content (AvgIpc) is 2.48. The Morgan fingerprint density at radius 3 is 3.08 bits per heavy atom. The number of carbonyl (C=O) groups is 1. The zero-order chi connectivity index (χ0) is 9.26. The molecule has 4 nitrogen and oxygen atoms in total. The molecule has 0 radical (unpaired) electrons. The van der Waals surface area contributed by atoms with Crippen molar-refractivity contribution in [2.24, 2.45) is 5.73 Å². The molecule has 0 saturated heterocycles. The van der Waals surface area contributed by atoms with Crippen molar-refractivity contribution in [1.29, 1.82) is 0 Å². The van der Waals surface area contributed by atoms with Crippen molar-refractivity contribution < 1.29 is 9.53 Å². The lowest BCUT2D eigenvalue weighted by atomic mass is 10.1. The van der Waals surface area contributed by atoms with Gasteiger partial charge in [-0.15, -0.1) is 0 Å². The summed E-state index contributed by atoms with van der Waals surface area (Å²) in [6.45, 7) is 0.716. The fourth-order valence-electron chi connectivity index (χ4n) is 1.48. The quantitative estimate of drug-likeness (QED) is 0.671. The van der Waals surface area contributed by atoms with E-state index in [9.17, 15) is 4.79 Å². The Labute approximate surface area is 75.7 Å². The molecule has 0 aliphatic carbocycles. The van der Waals surface area contributed by atoms with E-state index in [2.05, 4.69) is 5.32 Å². The maximum Gasteiger partial charge on any atom is 0.406 e. The number of carbonyl (C=O) groups excluding carboxylic acids is 1. The molecule has 4 heteroatoms. The smallest absolute Gasteiger partial charge is 0.406 e. The Balaban J connectivity index is 2.23. The molecule has 3 N–H and O–H groups in total. The van der Waals surface area contributed by atoms with Crippen molar-refractivity contribution in [3.05, 3.63) is 35.4 Å². The van der Waals surface area contributed by atoms with Gasteiger partial charge in [-0.05, 0) is 5.56 Å². The monoisotopic (exact) mass is 178 g/mol. The minimum Gasteiger partial charge on any atom is -0.426 e. The second-order valence-corrected chi connectivity index (χ2v) is 2.90. The molecule has 1 aromatic carbocycles. The van der Waals surface area contributed by atoms with Crippen molar-refractivity contribution in [3.63, 3.8) is 0 Å². The lowest BCUT2D eigenvalue weighted by Gasteiger charge is -2.10. The Kier molecular flexibility index (Phi) is 1.90. The highest BCUT2D eigenvalue weighted by Crippen LogP contribution is 2.25. The lowest BCUT2D eigenvalue weighted by Crippen LogP contribution is -2.23. The number of fused-ring (bicyclic) bond motifs is 1. The van der Waals surface area contributed by atoms with Crippen molar-refractivity contribution in [2.45, 2.75) is 12.8 Å². The number of primary amides is 1. The fourth-order valence-corrected chi connectivity index (χ4v) is 1.48. The minimum atomic E-state index is -0.755. The zero-order valence-electron chi connectivity index (χ0n) is 6.99. The summed E-state index contributed by atoms with van der Waals surface area (Å²) in [7, 11) is 0. The SMILES string of the molecule is NC(=O)OC1NCc2ccccc21.